The van der Waals surface area contributed by atoms with Crippen molar-refractivity contribution in [2.75, 3.05) is 0 Å². The molecule has 0 radical (unpaired) electrons. The van der Waals surface area contributed by atoms with Gasteiger partial charge < -0.3 is 19.8 Å². The molecule has 1 amide bonds. The highest BCUT2D eigenvalue weighted by atomic mass is 16.6. The summed E-state index contributed by atoms with van der Waals surface area (Å²) < 4.78 is 5.13. The van der Waals surface area contributed by atoms with Gasteiger partial charge >= 0.3 is 6.09 Å². The van der Waals surface area contributed by atoms with Gasteiger partial charge in [0.05, 0.1) is 6.04 Å². The first kappa shape index (κ1) is 13.3. The van der Waals surface area contributed by atoms with E-state index in [1.54, 1.807) is 27.0 Å². The fraction of sp³-hybridized carbons (Fsp3) is 0.500. The average molecular weight is 238 g/mol. The summed E-state index contributed by atoms with van der Waals surface area (Å²) in [5, 5.41) is 2.65. The van der Waals surface area contributed by atoms with Crippen molar-refractivity contribution in [1.29, 1.82) is 0 Å². The van der Waals surface area contributed by atoms with Crippen LogP contribution in [0.1, 0.15) is 38.9 Å². The number of aldehydes is 1. The van der Waals surface area contributed by atoms with E-state index in [0.29, 0.717) is 0 Å². The van der Waals surface area contributed by atoms with E-state index in [9.17, 15) is 9.59 Å². The molecule has 0 bridgehead atoms. The first-order chi connectivity index (χ1) is 7.92. The molecule has 0 fully saturated rings. The normalized spacial score (nSPS) is 12.9. The molecule has 5 nitrogen and oxygen atoms in total. The Labute approximate surface area is 101 Å². The number of carbonyl (C=O) groups is 2. The number of H-pyrrole nitrogens is 1. The SMILES string of the molecule is CC(C)(C)OC(=O)N[C@H](CC=O)c1ccc[nH]1. The van der Waals surface area contributed by atoms with Gasteiger partial charge in [0, 0.05) is 18.3 Å². The highest BCUT2D eigenvalue weighted by Crippen LogP contribution is 2.15. The van der Waals surface area contributed by atoms with Crippen molar-refractivity contribution >= 4 is 12.4 Å². The number of hydrogen-bond donors (Lipinski definition) is 2. The van der Waals surface area contributed by atoms with Gasteiger partial charge in [-0.15, -0.1) is 0 Å². The molecular formula is C12H18N2O3. The quantitative estimate of drug-likeness (QED) is 0.790. The summed E-state index contributed by atoms with van der Waals surface area (Å²) in [6.07, 6.45) is 2.19. The molecule has 0 spiro atoms. The molecule has 1 aromatic rings. The second-order valence-electron chi connectivity index (χ2n) is 4.73. The van der Waals surface area contributed by atoms with Crippen molar-refractivity contribution in [3.8, 4) is 0 Å². The maximum absolute atomic E-state index is 11.6. The number of carbonyl (C=O) groups excluding carboxylic acids is 2. The lowest BCUT2D eigenvalue weighted by molar-refractivity contribution is -0.108. The van der Waals surface area contributed by atoms with Crippen LogP contribution in [0.3, 0.4) is 0 Å². The van der Waals surface area contributed by atoms with Crippen LogP contribution in [0.15, 0.2) is 18.3 Å². The molecule has 94 valence electrons. The molecular weight excluding hydrogens is 220 g/mol. The molecule has 0 saturated heterocycles. The van der Waals surface area contributed by atoms with Crippen molar-refractivity contribution < 1.29 is 14.3 Å². The fourth-order valence-corrected chi connectivity index (χ4v) is 1.37. The summed E-state index contributed by atoms with van der Waals surface area (Å²) in [6, 6.07) is 3.24. The van der Waals surface area contributed by atoms with E-state index >= 15 is 0 Å². The van der Waals surface area contributed by atoms with Crippen molar-refractivity contribution in [1.82, 2.24) is 10.3 Å². The molecule has 0 saturated carbocycles. The van der Waals surface area contributed by atoms with Crippen molar-refractivity contribution in [2.24, 2.45) is 0 Å². The number of hydrogen-bond acceptors (Lipinski definition) is 3. The van der Waals surface area contributed by atoms with Gasteiger partial charge in [0.15, 0.2) is 0 Å². The number of ether oxygens (including phenoxy) is 1. The van der Waals surface area contributed by atoms with E-state index in [4.69, 9.17) is 4.74 Å². The van der Waals surface area contributed by atoms with Crippen molar-refractivity contribution in [3.05, 3.63) is 24.0 Å². The monoisotopic (exact) mass is 238 g/mol. The smallest absolute Gasteiger partial charge is 0.408 e. The van der Waals surface area contributed by atoms with E-state index < -0.39 is 11.7 Å². The van der Waals surface area contributed by atoms with Gasteiger partial charge in [-0.3, -0.25) is 0 Å². The Morgan fingerprint density at radius 3 is 2.76 bits per heavy atom. The largest absolute Gasteiger partial charge is 0.444 e. The van der Waals surface area contributed by atoms with Crippen LogP contribution >= 0.6 is 0 Å². The predicted molar refractivity (Wildman–Crippen MR) is 63.6 cm³/mol. The molecule has 0 aliphatic carbocycles. The third-order valence-electron chi connectivity index (χ3n) is 2.02. The molecule has 2 N–H and O–H groups in total. The van der Waals surface area contributed by atoms with E-state index in [1.165, 1.54) is 0 Å². The highest BCUT2D eigenvalue weighted by Gasteiger charge is 2.20. The molecule has 1 aromatic heterocycles. The molecule has 0 aliphatic rings. The second-order valence-corrected chi connectivity index (χ2v) is 4.73. The summed E-state index contributed by atoms with van der Waals surface area (Å²) in [5.74, 6) is 0. The Balaban J connectivity index is 2.62. The van der Waals surface area contributed by atoms with Gasteiger partial charge in [-0.2, -0.15) is 0 Å². The Kier molecular flexibility index (Phi) is 4.31. The standard InChI is InChI=1S/C12H18N2O3/c1-12(2,3)17-11(16)14-10(6-8-15)9-5-4-7-13-9/h4-5,7-8,10,13H,6H2,1-3H3,(H,14,16)/t10-/m1/s1. The summed E-state index contributed by atoms with van der Waals surface area (Å²) >= 11 is 0. The van der Waals surface area contributed by atoms with Crippen LogP contribution in [0.2, 0.25) is 0 Å². The Morgan fingerprint density at radius 2 is 2.29 bits per heavy atom. The van der Waals surface area contributed by atoms with Gasteiger partial charge in [0.25, 0.3) is 0 Å². The van der Waals surface area contributed by atoms with Gasteiger partial charge in [-0.05, 0) is 32.9 Å². The zero-order chi connectivity index (χ0) is 12.9. The highest BCUT2D eigenvalue weighted by molar-refractivity contribution is 5.69. The minimum Gasteiger partial charge on any atom is -0.444 e. The van der Waals surface area contributed by atoms with Gasteiger partial charge in [0.1, 0.15) is 11.9 Å². The van der Waals surface area contributed by atoms with Crippen LogP contribution in [0.5, 0.6) is 0 Å². The zero-order valence-electron chi connectivity index (χ0n) is 10.3. The molecule has 1 heterocycles. The van der Waals surface area contributed by atoms with E-state index in [1.807, 2.05) is 12.1 Å². The van der Waals surface area contributed by atoms with Crippen LogP contribution in [0.25, 0.3) is 0 Å². The van der Waals surface area contributed by atoms with Crippen molar-refractivity contribution in [3.63, 3.8) is 0 Å². The Morgan fingerprint density at radius 1 is 1.59 bits per heavy atom. The van der Waals surface area contributed by atoms with Crippen LogP contribution in [0.4, 0.5) is 4.79 Å². The van der Waals surface area contributed by atoms with E-state index in [2.05, 4.69) is 10.3 Å². The maximum Gasteiger partial charge on any atom is 0.408 e. The van der Waals surface area contributed by atoms with E-state index in [0.717, 1.165) is 12.0 Å². The van der Waals surface area contributed by atoms with Crippen LogP contribution in [-0.2, 0) is 9.53 Å². The number of rotatable bonds is 4. The van der Waals surface area contributed by atoms with Gasteiger partial charge in [0.2, 0.25) is 0 Å². The third-order valence-corrected chi connectivity index (χ3v) is 2.02. The number of aromatic amines is 1. The lowest BCUT2D eigenvalue weighted by atomic mass is 10.1. The second kappa shape index (κ2) is 5.52. The first-order valence-electron chi connectivity index (χ1n) is 5.49. The summed E-state index contributed by atoms with van der Waals surface area (Å²) in [5.41, 5.74) is 0.230. The van der Waals surface area contributed by atoms with Crippen molar-refractivity contribution in [2.45, 2.75) is 38.8 Å². The number of alkyl carbamates (subject to hydrolysis) is 1. The molecule has 5 heteroatoms. The van der Waals surface area contributed by atoms with Crippen LogP contribution < -0.4 is 5.32 Å². The van der Waals surface area contributed by atoms with Gasteiger partial charge in [-0.25, -0.2) is 4.79 Å². The Bertz CT molecular complexity index is 366. The average Bonchev–Trinajstić information content (AvgIpc) is 2.66. The van der Waals surface area contributed by atoms with Crippen LogP contribution in [0, 0.1) is 0 Å². The Hall–Kier alpha value is -1.78. The lowest BCUT2D eigenvalue weighted by Crippen LogP contribution is -2.35. The third kappa shape index (κ3) is 4.72. The maximum atomic E-state index is 11.6. The molecule has 1 rings (SSSR count). The number of amides is 1. The minimum atomic E-state index is -0.550. The van der Waals surface area contributed by atoms with Gasteiger partial charge in [-0.1, -0.05) is 0 Å². The minimum absolute atomic E-state index is 0.208. The summed E-state index contributed by atoms with van der Waals surface area (Å²) in [7, 11) is 0. The number of aromatic nitrogens is 1. The fourth-order valence-electron chi connectivity index (χ4n) is 1.37. The lowest BCUT2D eigenvalue weighted by Gasteiger charge is -2.22. The summed E-state index contributed by atoms with van der Waals surface area (Å²) in [4.78, 5) is 25.1. The molecule has 0 aliphatic heterocycles. The predicted octanol–water partition coefficient (Wildman–Crippen LogP) is 2.17. The molecule has 17 heavy (non-hydrogen) atoms. The topological polar surface area (TPSA) is 71.2 Å². The molecule has 0 aromatic carbocycles. The van der Waals surface area contributed by atoms with E-state index in [-0.39, 0.29) is 12.5 Å². The molecule has 1 atom stereocenters. The summed E-state index contributed by atoms with van der Waals surface area (Å²) in [6.45, 7) is 5.36. The zero-order valence-corrected chi connectivity index (χ0v) is 10.3. The number of nitrogens with one attached hydrogen (secondary N) is 2. The molecule has 0 unspecified atom stereocenters. The first-order valence-corrected chi connectivity index (χ1v) is 5.49. The van der Waals surface area contributed by atoms with Crippen LogP contribution in [-0.4, -0.2) is 23.0 Å².